The molecule has 0 spiro atoms. The Morgan fingerprint density at radius 2 is 1.08 bits per heavy atom. The molecule has 5 fully saturated rings. The first kappa shape index (κ1) is 49.2. The molecule has 2 heterocycles. The number of fused-ring (bicyclic) bond motifs is 5. The Morgan fingerprint density at radius 1 is 0.617 bits per heavy atom. The second kappa shape index (κ2) is 20.1. The lowest BCUT2D eigenvalue weighted by atomic mass is 9.48. The molecule has 3 saturated carbocycles. The number of carbonyl (C=O) groups is 1. The van der Waals surface area contributed by atoms with E-state index in [4.69, 9.17) is 32.2 Å². The lowest BCUT2D eigenvalue weighted by Gasteiger charge is -2.57. The largest absolute Gasteiger partial charge is 0.411 e. The van der Waals surface area contributed by atoms with Gasteiger partial charge in [0.15, 0.2) is 37.5 Å². The Kier molecular flexibility index (Phi) is 16.5. The molecule has 0 aromatic heterocycles. The number of ketones is 1. The summed E-state index contributed by atoms with van der Waals surface area (Å²) in [5.74, 6) is 2.40. The minimum Gasteiger partial charge on any atom is -0.411 e. The first-order chi connectivity index (χ1) is 28.6. The van der Waals surface area contributed by atoms with Gasteiger partial charge in [-0.15, -0.1) is 0 Å². The van der Waals surface area contributed by atoms with Gasteiger partial charge in [0.05, 0.1) is 36.6 Å². The Labute approximate surface area is 370 Å². The first-order valence-electron chi connectivity index (χ1n) is 25.5. The summed E-state index contributed by atoms with van der Waals surface area (Å²) in [5.41, 5.74) is 1.72. The summed E-state index contributed by atoms with van der Waals surface area (Å²) in [7, 11) is -5.90. The number of carbonyl (C=O) groups excluding carboxylic acids is 1. The lowest BCUT2D eigenvalue weighted by Crippen LogP contribution is -2.60. The van der Waals surface area contributed by atoms with E-state index in [1.54, 1.807) is 5.57 Å². The summed E-state index contributed by atoms with van der Waals surface area (Å²) < 4.78 is 50.0. The maximum Gasteiger partial charge on any atom is 0.192 e. The zero-order valence-corrected chi connectivity index (χ0v) is 43.7. The Balaban J connectivity index is 1.18. The molecular formula is C49H90O8Si3. The fraction of sp³-hybridized carbons (Fsp3) is 0.939. The Hall–Kier alpha value is -0.219. The molecule has 0 amide bonds. The molecule has 14 atom stereocenters. The molecule has 0 aromatic rings. The molecule has 11 heteroatoms. The van der Waals surface area contributed by atoms with Gasteiger partial charge >= 0.3 is 0 Å². The van der Waals surface area contributed by atoms with E-state index in [-0.39, 0.29) is 59.8 Å². The molecule has 2 aliphatic heterocycles. The summed E-state index contributed by atoms with van der Waals surface area (Å²) in [4.78, 5) is 13.0. The van der Waals surface area contributed by atoms with Crippen molar-refractivity contribution in [3.63, 3.8) is 0 Å². The summed E-state index contributed by atoms with van der Waals surface area (Å²) in [6.07, 6.45) is 10.8. The molecule has 6 aliphatic rings. The molecule has 0 radical (unpaired) electrons. The van der Waals surface area contributed by atoms with Crippen molar-refractivity contribution in [1.29, 1.82) is 0 Å². The average Bonchev–Trinajstić information content (AvgIpc) is 3.56. The molecule has 8 nitrogen and oxygen atoms in total. The molecule has 0 N–H and O–H groups in total. The van der Waals surface area contributed by atoms with Crippen LogP contribution < -0.4 is 0 Å². The number of hydrogen-bond donors (Lipinski definition) is 0. The quantitative estimate of drug-likeness (QED) is 0.0937. The Bertz CT molecular complexity index is 1420. The molecular weight excluding hydrogens is 801 g/mol. The van der Waals surface area contributed by atoms with Gasteiger partial charge in [-0.05, 0) is 136 Å². The second-order valence-electron chi connectivity index (χ2n) is 20.9. The van der Waals surface area contributed by atoms with Gasteiger partial charge in [-0.2, -0.15) is 0 Å². The second-order valence-corrected chi connectivity index (χ2v) is 35.1. The lowest BCUT2D eigenvalue weighted by molar-refractivity contribution is -0.313. The van der Waals surface area contributed by atoms with E-state index in [9.17, 15) is 4.79 Å². The van der Waals surface area contributed by atoms with E-state index >= 15 is 0 Å². The normalized spacial score (nSPS) is 40.1. The van der Waals surface area contributed by atoms with Gasteiger partial charge in [0.2, 0.25) is 0 Å². The molecule has 4 aliphatic carbocycles. The van der Waals surface area contributed by atoms with Gasteiger partial charge in [-0.3, -0.25) is 4.79 Å². The van der Waals surface area contributed by atoms with Crippen LogP contribution in [0.3, 0.4) is 0 Å². The van der Waals surface area contributed by atoms with Crippen molar-refractivity contribution in [2.24, 2.45) is 28.6 Å². The highest BCUT2D eigenvalue weighted by Crippen LogP contribution is 2.64. The smallest absolute Gasteiger partial charge is 0.192 e. The highest BCUT2D eigenvalue weighted by atomic mass is 28.4. The highest BCUT2D eigenvalue weighted by Gasteiger charge is 2.59. The van der Waals surface area contributed by atoms with Crippen LogP contribution in [0.25, 0.3) is 0 Å². The maximum atomic E-state index is 13.0. The minimum absolute atomic E-state index is 0.0624. The summed E-state index contributed by atoms with van der Waals surface area (Å²) >= 11 is 0. The molecule has 0 unspecified atom stereocenters. The van der Waals surface area contributed by atoms with Crippen LogP contribution in [0.5, 0.6) is 0 Å². The topological polar surface area (TPSA) is 81.7 Å². The molecule has 0 bridgehead atoms. The number of ether oxygens (including phenoxy) is 4. The van der Waals surface area contributed by atoms with Crippen molar-refractivity contribution in [3.05, 3.63) is 11.6 Å². The van der Waals surface area contributed by atoms with E-state index in [2.05, 4.69) is 96.1 Å². The number of rotatable bonds is 19. The highest BCUT2D eigenvalue weighted by molar-refractivity contribution is 6.74. The van der Waals surface area contributed by atoms with Crippen LogP contribution >= 0.6 is 0 Å². The van der Waals surface area contributed by atoms with Crippen molar-refractivity contribution < 1.29 is 37.0 Å². The first-order valence-corrected chi connectivity index (χ1v) is 33.1. The monoisotopic (exact) mass is 891 g/mol. The zero-order chi connectivity index (χ0) is 43.7. The van der Waals surface area contributed by atoms with Crippen molar-refractivity contribution in [3.8, 4) is 0 Å². The van der Waals surface area contributed by atoms with Crippen LogP contribution in [0.4, 0.5) is 0 Å². The van der Waals surface area contributed by atoms with E-state index in [0.29, 0.717) is 36.4 Å². The third kappa shape index (κ3) is 9.53. The van der Waals surface area contributed by atoms with Gasteiger partial charge in [-0.1, -0.05) is 87.8 Å². The fourth-order valence-electron chi connectivity index (χ4n) is 13.6. The van der Waals surface area contributed by atoms with E-state index in [0.717, 1.165) is 99.3 Å². The third-order valence-corrected chi connectivity index (χ3v) is 32.6. The van der Waals surface area contributed by atoms with Crippen molar-refractivity contribution in [2.75, 3.05) is 0 Å². The number of hydrogen-bond acceptors (Lipinski definition) is 8. The molecule has 346 valence electrons. The summed E-state index contributed by atoms with van der Waals surface area (Å²) in [5, 5.41) is 0. The van der Waals surface area contributed by atoms with Gasteiger partial charge in [0, 0.05) is 24.7 Å². The molecule has 6 rings (SSSR count). The van der Waals surface area contributed by atoms with Gasteiger partial charge < -0.3 is 32.2 Å². The van der Waals surface area contributed by atoms with E-state index in [1.807, 2.05) is 0 Å². The van der Waals surface area contributed by atoms with Gasteiger partial charge in [0.25, 0.3) is 0 Å². The zero-order valence-electron chi connectivity index (χ0n) is 40.7. The van der Waals surface area contributed by atoms with Crippen LogP contribution in [-0.4, -0.2) is 86.0 Å². The van der Waals surface area contributed by atoms with Crippen LogP contribution in [0, 0.1) is 28.6 Å². The van der Waals surface area contributed by atoms with E-state index in [1.165, 1.54) is 6.42 Å². The van der Waals surface area contributed by atoms with Crippen molar-refractivity contribution in [1.82, 2.24) is 0 Å². The average molecular weight is 892 g/mol. The van der Waals surface area contributed by atoms with Gasteiger partial charge in [0.1, 0.15) is 11.9 Å². The van der Waals surface area contributed by atoms with Crippen LogP contribution in [0.2, 0.25) is 54.4 Å². The molecule has 0 aromatic carbocycles. The Morgan fingerprint density at radius 3 is 1.63 bits per heavy atom. The fourth-order valence-corrected chi connectivity index (χ4v) is 22.3. The van der Waals surface area contributed by atoms with Gasteiger partial charge in [-0.25, -0.2) is 0 Å². The summed E-state index contributed by atoms with van der Waals surface area (Å²) in [6, 6.07) is 9.86. The van der Waals surface area contributed by atoms with Crippen molar-refractivity contribution in [2.45, 2.75) is 264 Å². The van der Waals surface area contributed by atoms with Crippen molar-refractivity contribution >= 4 is 30.7 Å². The molecule has 2 saturated heterocycles. The predicted octanol–water partition coefficient (Wildman–Crippen LogP) is 12.7. The van der Waals surface area contributed by atoms with Crippen LogP contribution in [0.15, 0.2) is 11.6 Å². The predicted molar refractivity (Wildman–Crippen MR) is 251 cm³/mol. The van der Waals surface area contributed by atoms with E-state index < -0.39 is 31.2 Å². The SMILES string of the molecule is CC[Si](CC)(CC)O[C@@H]1[C@H](C)O[C@@H](O[C@@H]2[C@H](C)O[C@@H](O[C@H]3CC[C@@]4(C)C(=CC[C@@H]5[C@@H]4CC[C@]4(C)C(=O)CC[C@@H]54)C3)C[C@@H]2O[Si](CC)(CC)CC)C[C@@H]1O[Si](CC)(CC)CC. The van der Waals surface area contributed by atoms with Crippen LogP contribution in [-0.2, 0) is 37.0 Å². The third-order valence-electron chi connectivity index (χ3n) is 18.6. The molecule has 60 heavy (non-hydrogen) atoms. The maximum absolute atomic E-state index is 13.0. The standard InChI is InChI=1S/C49H90O8Si3/c1-14-58(15-2,16-3)55-41-32-44(53-37-27-29-48(12)36(31-37)23-24-38-39-25-26-43(50)49(39,13)30-28-40(38)48)51-34(10)46(41)54-45-33-42(56-59(17-4,18-5)19-6)47(35(11)52-45)57-60(20-7,21-8)22-9/h23,34-35,37-42,44-47H,14-22,24-33H2,1-13H3/t34-,35-,37-,38-,39-,40-,41-,42-,44-,45-,46+,47+,48-,49-/m0/s1. The van der Waals surface area contributed by atoms with Crippen LogP contribution in [0.1, 0.15) is 154 Å². The number of allylic oxidation sites excluding steroid dienone is 1. The summed E-state index contributed by atoms with van der Waals surface area (Å²) in [6.45, 7) is 30.0. The minimum atomic E-state index is -2.01. The number of Topliss-reactive ketones (excluding diaryl/α,β-unsaturated/α-hetero) is 1.